The van der Waals surface area contributed by atoms with Crippen molar-refractivity contribution in [1.82, 2.24) is 10.3 Å². The predicted molar refractivity (Wildman–Crippen MR) is 73.0 cm³/mol. The molecule has 3 N–H and O–H groups in total. The molecule has 1 heterocycles. The molecular formula is C13H21N3O3. The molecule has 0 saturated carbocycles. The maximum Gasteiger partial charge on any atom is 0.407 e. The molecular weight excluding hydrogens is 246 g/mol. The number of nitrogens with two attached hydrogens (primary N) is 1. The van der Waals surface area contributed by atoms with Gasteiger partial charge in [-0.25, -0.2) is 9.78 Å². The summed E-state index contributed by atoms with van der Waals surface area (Å²) in [5.74, 6) is 0.520. The Morgan fingerprint density at radius 1 is 1.42 bits per heavy atom. The zero-order valence-corrected chi connectivity index (χ0v) is 11.6. The quantitative estimate of drug-likeness (QED) is 0.796. The minimum Gasteiger partial charge on any atom is -0.478 e. The van der Waals surface area contributed by atoms with Crippen LogP contribution in [0.3, 0.4) is 0 Å². The van der Waals surface area contributed by atoms with Crippen molar-refractivity contribution in [2.24, 2.45) is 0 Å². The molecule has 0 aliphatic carbocycles. The first kappa shape index (κ1) is 15.1. The molecule has 0 aromatic carbocycles. The van der Waals surface area contributed by atoms with Crippen LogP contribution in [0.1, 0.15) is 27.2 Å². The average Bonchev–Trinajstić information content (AvgIpc) is 2.29. The van der Waals surface area contributed by atoms with Crippen molar-refractivity contribution >= 4 is 11.8 Å². The summed E-state index contributed by atoms with van der Waals surface area (Å²) in [5, 5.41) is 2.65. The lowest BCUT2D eigenvalue weighted by Gasteiger charge is -2.19. The fourth-order valence-electron chi connectivity index (χ4n) is 1.23. The van der Waals surface area contributed by atoms with E-state index < -0.39 is 11.7 Å². The molecule has 0 radical (unpaired) electrons. The van der Waals surface area contributed by atoms with Gasteiger partial charge >= 0.3 is 6.09 Å². The van der Waals surface area contributed by atoms with E-state index in [0.29, 0.717) is 31.1 Å². The molecule has 1 aromatic heterocycles. The Balaban J connectivity index is 2.11. The summed E-state index contributed by atoms with van der Waals surface area (Å²) in [5.41, 5.74) is 5.63. The summed E-state index contributed by atoms with van der Waals surface area (Å²) in [4.78, 5) is 15.3. The summed E-state index contributed by atoms with van der Waals surface area (Å²) in [6.07, 6.45) is 1.79. The number of pyridine rings is 1. The van der Waals surface area contributed by atoms with Crippen LogP contribution in [0.25, 0.3) is 0 Å². The number of carbonyl (C=O) groups is 1. The van der Waals surface area contributed by atoms with Crippen LogP contribution in [0.2, 0.25) is 0 Å². The molecule has 106 valence electrons. The van der Waals surface area contributed by atoms with Crippen LogP contribution >= 0.6 is 0 Å². The Labute approximate surface area is 113 Å². The van der Waals surface area contributed by atoms with Gasteiger partial charge in [0.15, 0.2) is 0 Å². The SMILES string of the molecule is CC(C)(C)OC(=O)NCCCOc1ccc(N)cn1. The van der Waals surface area contributed by atoms with E-state index >= 15 is 0 Å². The van der Waals surface area contributed by atoms with Crippen LogP contribution in [-0.4, -0.2) is 29.8 Å². The third kappa shape index (κ3) is 7.13. The molecule has 1 aromatic rings. The number of nitrogen functional groups attached to an aromatic ring is 1. The average molecular weight is 267 g/mol. The lowest BCUT2D eigenvalue weighted by Crippen LogP contribution is -2.33. The number of hydrogen-bond donors (Lipinski definition) is 2. The Kier molecular flexibility index (Phi) is 5.41. The highest BCUT2D eigenvalue weighted by atomic mass is 16.6. The Hall–Kier alpha value is -1.98. The van der Waals surface area contributed by atoms with E-state index in [9.17, 15) is 4.79 Å². The van der Waals surface area contributed by atoms with Gasteiger partial charge in [0.25, 0.3) is 0 Å². The van der Waals surface area contributed by atoms with Crippen molar-refractivity contribution in [3.8, 4) is 5.88 Å². The lowest BCUT2D eigenvalue weighted by atomic mass is 10.2. The monoisotopic (exact) mass is 267 g/mol. The van der Waals surface area contributed by atoms with Crippen molar-refractivity contribution in [2.45, 2.75) is 32.8 Å². The predicted octanol–water partition coefficient (Wildman–Crippen LogP) is 1.96. The second-order valence-electron chi connectivity index (χ2n) is 5.06. The normalized spacial score (nSPS) is 10.9. The number of rotatable bonds is 5. The van der Waals surface area contributed by atoms with Crippen LogP contribution in [0.4, 0.5) is 10.5 Å². The first-order valence-electron chi connectivity index (χ1n) is 6.18. The Morgan fingerprint density at radius 2 is 2.16 bits per heavy atom. The molecule has 1 rings (SSSR count). The van der Waals surface area contributed by atoms with Gasteiger partial charge in [-0.3, -0.25) is 0 Å². The first-order chi connectivity index (χ1) is 8.87. The van der Waals surface area contributed by atoms with Gasteiger partial charge in [0.2, 0.25) is 5.88 Å². The molecule has 0 fully saturated rings. The number of carbonyl (C=O) groups excluding carboxylic acids is 1. The number of anilines is 1. The summed E-state index contributed by atoms with van der Waals surface area (Å²) < 4.78 is 10.5. The van der Waals surface area contributed by atoms with E-state index in [4.69, 9.17) is 15.2 Å². The fraction of sp³-hybridized carbons (Fsp3) is 0.538. The third-order valence-electron chi connectivity index (χ3n) is 2.00. The number of nitrogens with one attached hydrogen (secondary N) is 1. The number of ether oxygens (including phenoxy) is 2. The van der Waals surface area contributed by atoms with Gasteiger partial charge < -0.3 is 20.5 Å². The van der Waals surface area contributed by atoms with Crippen LogP contribution in [0.15, 0.2) is 18.3 Å². The number of hydrogen-bond acceptors (Lipinski definition) is 5. The Bertz CT molecular complexity index is 399. The van der Waals surface area contributed by atoms with E-state index in [2.05, 4.69) is 10.3 Å². The summed E-state index contributed by atoms with van der Waals surface area (Å²) in [6.45, 7) is 6.42. The highest BCUT2D eigenvalue weighted by molar-refractivity contribution is 5.67. The molecule has 0 unspecified atom stereocenters. The molecule has 0 aliphatic rings. The second kappa shape index (κ2) is 6.82. The third-order valence-corrected chi connectivity index (χ3v) is 2.00. The van der Waals surface area contributed by atoms with Gasteiger partial charge in [-0.2, -0.15) is 0 Å². The molecule has 0 saturated heterocycles. The number of alkyl carbamates (subject to hydrolysis) is 1. The fourth-order valence-corrected chi connectivity index (χ4v) is 1.23. The van der Waals surface area contributed by atoms with E-state index in [1.807, 2.05) is 20.8 Å². The van der Waals surface area contributed by atoms with E-state index in [0.717, 1.165) is 0 Å². The van der Waals surface area contributed by atoms with Crippen LogP contribution in [-0.2, 0) is 4.74 Å². The minimum atomic E-state index is -0.478. The van der Waals surface area contributed by atoms with Crippen LogP contribution < -0.4 is 15.8 Å². The van der Waals surface area contributed by atoms with Gasteiger partial charge in [0, 0.05) is 12.6 Å². The van der Waals surface area contributed by atoms with Crippen molar-refractivity contribution in [1.29, 1.82) is 0 Å². The maximum atomic E-state index is 11.3. The zero-order chi connectivity index (χ0) is 14.3. The lowest BCUT2D eigenvalue weighted by molar-refractivity contribution is 0.0525. The highest BCUT2D eigenvalue weighted by Crippen LogP contribution is 2.08. The summed E-state index contributed by atoms with van der Waals surface area (Å²) in [6, 6.07) is 3.43. The molecule has 0 spiro atoms. The molecule has 1 amide bonds. The van der Waals surface area contributed by atoms with Crippen molar-refractivity contribution in [3.05, 3.63) is 18.3 Å². The molecule has 6 nitrogen and oxygen atoms in total. The smallest absolute Gasteiger partial charge is 0.407 e. The minimum absolute atomic E-state index is 0.418. The van der Waals surface area contributed by atoms with E-state index in [1.165, 1.54) is 6.20 Å². The van der Waals surface area contributed by atoms with Gasteiger partial charge in [-0.05, 0) is 33.3 Å². The first-order valence-corrected chi connectivity index (χ1v) is 6.18. The van der Waals surface area contributed by atoms with Crippen LogP contribution in [0.5, 0.6) is 5.88 Å². The Morgan fingerprint density at radius 3 is 2.74 bits per heavy atom. The van der Waals surface area contributed by atoms with E-state index in [1.54, 1.807) is 12.1 Å². The maximum absolute atomic E-state index is 11.3. The molecule has 19 heavy (non-hydrogen) atoms. The van der Waals surface area contributed by atoms with Gasteiger partial charge in [0.1, 0.15) is 5.60 Å². The van der Waals surface area contributed by atoms with E-state index in [-0.39, 0.29) is 0 Å². The van der Waals surface area contributed by atoms with Gasteiger partial charge in [-0.15, -0.1) is 0 Å². The van der Waals surface area contributed by atoms with Crippen molar-refractivity contribution in [2.75, 3.05) is 18.9 Å². The van der Waals surface area contributed by atoms with Gasteiger partial charge in [-0.1, -0.05) is 0 Å². The number of nitrogens with zero attached hydrogens (tertiary/aromatic N) is 1. The standard InChI is InChI=1S/C13H21N3O3/c1-13(2,3)19-12(17)15-7-4-8-18-11-6-5-10(14)9-16-11/h5-6,9H,4,7-8,14H2,1-3H3,(H,15,17). The zero-order valence-electron chi connectivity index (χ0n) is 11.6. The topological polar surface area (TPSA) is 86.5 Å². The molecule has 0 atom stereocenters. The second-order valence-corrected chi connectivity index (χ2v) is 5.06. The number of amides is 1. The highest BCUT2D eigenvalue weighted by Gasteiger charge is 2.15. The van der Waals surface area contributed by atoms with Crippen LogP contribution in [0, 0.1) is 0 Å². The molecule has 0 bridgehead atoms. The van der Waals surface area contributed by atoms with Crippen molar-refractivity contribution in [3.63, 3.8) is 0 Å². The summed E-state index contributed by atoms with van der Waals surface area (Å²) in [7, 11) is 0. The largest absolute Gasteiger partial charge is 0.478 e. The molecule has 0 aliphatic heterocycles. The summed E-state index contributed by atoms with van der Waals surface area (Å²) >= 11 is 0. The molecule has 6 heteroatoms. The van der Waals surface area contributed by atoms with Gasteiger partial charge in [0.05, 0.1) is 18.5 Å². The van der Waals surface area contributed by atoms with Crippen molar-refractivity contribution < 1.29 is 14.3 Å². The number of aromatic nitrogens is 1.